The Morgan fingerprint density at radius 2 is 2.20 bits per heavy atom. The van der Waals surface area contributed by atoms with E-state index in [9.17, 15) is 14.9 Å². The summed E-state index contributed by atoms with van der Waals surface area (Å²) in [7, 11) is 0. The molecule has 0 aliphatic heterocycles. The number of aromatic carboxylic acids is 1. The molecule has 0 radical (unpaired) electrons. The van der Waals surface area contributed by atoms with Crippen molar-refractivity contribution in [3.8, 4) is 5.69 Å². The van der Waals surface area contributed by atoms with E-state index in [4.69, 9.17) is 10.2 Å². The molecule has 0 aliphatic carbocycles. The summed E-state index contributed by atoms with van der Waals surface area (Å²) in [4.78, 5) is 21.2. The quantitative estimate of drug-likeness (QED) is 0.622. The Kier molecular flexibility index (Phi) is 3.76. The minimum atomic E-state index is -1.21. The Hall–Kier alpha value is -2.74. The highest BCUT2D eigenvalue weighted by atomic mass is 16.6. The van der Waals surface area contributed by atoms with Gasteiger partial charge < -0.3 is 10.2 Å². The topological polar surface area (TPSA) is 118 Å². The molecule has 1 heterocycles. The van der Waals surface area contributed by atoms with Crippen LogP contribution in [0, 0.1) is 10.1 Å². The maximum Gasteiger partial charge on any atom is 0.356 e. The van der Waals surface area contributed by atoms with E-state index in [1.165, 1.54) is 29.1 Å². The number of hydrogen-bond donors (Lipinski definition) is 2. The summed E-state index contributed by atoms with van der Waals surface area (Å²) in [6.07, 6.45) is 1.59. The summed E-state index contributed by atoms with van der Waals surface area (Å²) in [5.74, 6) is -1.21. The van der Waals surface area contributed by atoms with Gasteiger partial charge in [-0.1, -0.05) is 6.07 Å². The van der Waals surface area contributed by atoms with Crippen molar-refractivity contribution in [2.45, 2.75) is 6.42 Å². The van der Waals surface area contributed by atoms with Gasteiger partial charge in [-0.05, 0) is 12.5 Å². The lowest BCUT2D eigenvalue weighted by molar-refractivity contribution is -0.384. The van der Waals surface area contributed by atoms with Crippen molar-refractivity contribution in [1.29, 1.82) is 0 Å². The summed E-state index contributed by atoms with van der Waals surface area (Å²) in [6.45, 7) is -0.207. The van der Waals surface area contributed by atoms with Crippen molar-refractivity contribution >= 4 is 11.7 Å². The lowest BCUT2D eigenvalue weighted by Crippen LogP contribution is -2.04. The van der Waals surface area contributed by atoms with Crippen LogP contribution in [-0.4, -0.2) is 37.5 Å². The van der Waals surface area contributed by atoms with E-state index in [-0.39, 0.29) is 24.4 Å². The van der Waals surface area contributed by atoms with Crippen LogP contribution in [0.5, 0.6) is 0 Å². The van der Waals surface area contributed by atoms with E-state index in [1.807, 2.05) is 0 Å². The van der Waals surface area contributed by atoms with Crippen LogP contribution in [0.1, 0.15) is 16.1 Å². The Morgan fingerprint density at radius 1 is 1.45 bits per heavy atom. The molecule has 0 spiro atoms. The van der Waals surface area contributed by atoms with Crippen LogP contribution >= 0.6 is 0 Å². The third kappa shape index (κ3) is 2.64. The summed E-state index contributed by atoms with van der Waals surface area (Å²) < 4.78 is 1.25. The number of non-ortho nitro benzene ring substituents is 1. The fraction of sp³-hybridized carbons (Fsp3) is 0.167. The van der Waals surface area contributed by atoms with Crippen LogP contribution in [0.15, 0.2) is 30.5 Å². The second-order valence-electron chi connectivity index (χ2n) is 4.00. The van der Waals surface area contributed by atoms with Gasteiger partial charge in [0.05, 0.1) is 10.6 Å². The molecule has 1 aromatic heterocycles. The SMILES string of the molecule is O=C(O)c1nn(-c2cccc([N+](=O)[O-])c2)cc1CCO. The van der Waals surface area contributed by atoms with Gasteiger partial charge in [-0.2, -0.15) is 5.10 Å². The van der Waals surface area contributed by atoms with Crippen molar-refractivity contribution in [2.24, 2.45) is 0 Å². The van der Waals surface area contributed by atoms with Crippen molar-refractivity contribution in [1.82, 2.24) is 9.78 Å². The lowest BCUT2D eigenvalue weighted by Gasteiger charge is -2.00. The van der Waals surface area contributed by atoms with E-state index in [0.29, 0.717) is 11.3 Å². The Balaban J connectivity index is 2.47. The minimum Gasteiger partial charge on any atom is -0.476 e. The number of rotatable bonds is 5. The highest BCUT2D eigenvalue weighted by Crippen LogP contribution is 2.18. The third-order valence-corrected chi connectivity index (χ3v) is 2.68. The number of carboxylic acid groups (broad SMARTS) is 1. The van der Waals surface area contributed by atoms with Crippen molar-refractivity contribution in [3.63, 3.8) is 0 Å². The largest absolute Gasteiger partial charge is 0.476 e. The first-order valence-electron chi connectivity index (χ1n) is 5.70. The third-order valence-electron chi connectivity index (χ3n) is 2.68. The molecule has 2 aromatic rings. The maximum atomic E-state index is 11.1. The van der Waals surface area contributed by atoms with Gasteiger partial charge in [0.2, 0.25) is 0 Å². The molecule has 0 saturated carbocycles. The average Bonchev–Trinajstić information content (AvgIpc) is 2.83. The number of nitro groups is 1. The molecule has 1 aromatic carbocycles. The molecule has 0 saturated heterocycles. The van der Waals surface area contributed by atoms with Gasteiger partial charge >= 0.3 is 5.97 Å². The number of carboxylic acids is 1. The fourth-order valence-electron chi connectivity index (χ4n) is 1.77. The normalized spacial score (nSPS) is 10.4. The van der Waals surface area contributed by atoms with E-state index in [2.05, 4.69) is 5.10 Å². The van der Waals surface area contributed by atoms with Gasteiger partial charge in [0.1, 0.15) is 0 Å². The molecule has 104 valence electrons. The predicted octanol–water partition coefficient (Wildman–Crippen LogP) is 1.01. The Morgan fingerprint density at radius 3 is 2.80 bits per heavy atom. The molecule has 2 N–H and O–H groups in total. The maximum absolute atomic E-state index is 11.1. The molecular formula is C12H11N3O5. The van der Waals surface area contributed by atoms with Crippen molar-refractivity contribution < 1.29 is 19.9 Å². The molecule has 0 aliphatic rings. The highest BCUT2D eigenvalue weighted by molar-refractivity contribution is 5.87. The number of aromatic nitrogens is 2. The van der Waals surface area contributed by atoms with Crippen LogP contribution in [0.4, 0.5) is 5.69 Å². The summed E-state index contributed by atoms with van der Waals surface area (Å²) >= 11 is 0. The van der Waals surface area contributed by atoms with Gasteiger partial charge in [0, 0.05) is 30.5 Å². The standard InChI is InChI=1S/C12H11N3O5/c16-5-4-8-7-14(13-11(8)12(17)18)9-2-1-3-10(6-9)15(19)20/h1-3,6-7,16H,4-5H2,(H,17,18). The zero-order valence-electron chi connectivity index (χ0n) is 10.3. The number of benzene rings is 1. The first-order valence-corrected chi connectivity index (χ1v) is 5.70. The highest BCUT2D eigenvalue weighted by Gasteiger charge is 2.17. The molecule has 0 unspecified atom stereocenters. The number of nitro benzene ring substituents is 1. The summed E-state index contributed by atoms with van der Waals surface area (Å²) in [6, 6.07) is 5.69. The van der Waals surface area contributed by atoms with Crippen LogP contribution in [0.25, 0.3) is 5.69 Å². The first kappa shape index (κ1) is 13.7. The first-order chi connectivity index (χ1) is 9.52. The van der Waals surface area contributed by atoms with Crippen molar-refractivity contribution in [3.05, 3.63) is 51.8 Å². The number of aliphatic hydroxyl groups is 1. The number of aliphatic hydroxyl groups excluding tert-OH is 1. The lowest BCUT2D eigenvalue weighted by atomic mass is 10.2. The minimum absolute atomic E-state index is 0.112. The molecule has 0 fully saturated rings. The number of nitrogens with zero attached hydrogens (tertiary/aromatic N) is 3. The number of hydrogen-bond acceptors (Lipinski definition) is 5. The molecule has 8 nitrogen and oxygen atoms in total. The second-order valence-corrected chi connectivity index (χ2v) is 4.00. The Bertz CT molecular complexity index is 665. The predicted molar refractivity (Wildman–Crippen MR) is 68.0 cm³/mol. The monoisotopic (exact) mass is 277 g/mol. The fourth-order valence-corrected chi connectivity index (χ4v) is 1.77. The van der Waals surface area contributed by atoms with Crippen LogP contribution in [-0.2, 0) is 6.42 Å². The summed E-state index contributed by atoms with van der Waals surface area (Å²) in [5.41, 5.74) is 0.460. The molecule has 0 amide bonds. The van der Waals surface area contributed by atoms with E-state index < -0.39 is 10.9 Å². The molecule has 0 bridgehead atoms. The molecule has 8 heteroatoms. The van der Waals surface area contributed by atoms with Gasteiger partial charge in [-0.3, -0.25) is 10.1 Å². The van der Waals surface area contributed by atoms with E-state index in [0.717, 1.165) is 0 Å². The smallest absolute Gasteiger partial charge is 0.356 e. The molecule has 2 rings (SSSR count). The molecule has 0 atom stereocenters. The zero-order valence-corrected chi connectivity index (χ0v) is 10.3. The van der Waals surface area contributed by atoms with Crippen LogP contribution < -0.4 is 0 Å². The average molecular weight is 277 g/mol. The van der Waals surface area contributed by atoms with Gasteiger partial charge in [0.25, 0.3) is 5.69 Å². The van der Waals surface area contributed by atoms with Crippen LogP contribution in [0.2, 0.25) is 0 Å². The zero-order chi connectivity index (χ0) is 14.7. The van der Waals surface area contributed by atoms with Gasteiger partial charge in [-0.15, -0.1) is 0 Å². The second kappa shape index (κ2) is 5.49. The van der Waals surface area contributed by atoms with Crippen molar-refractivity contribution in [2.75, 3.05) is 6.61 Å². The molecular weight excluding hydrogens is 266 g/mol. The van der Waals surface area contributed by atoms with Crippen LogP contribution in [0.3, 0.4) is 0 Å². The molecule has 20 heavy (non-hydrogen) atoms. The van der Waals surface area contributed by atoms with E-state index >= 15 is 0 Å². The number of carbonyl (C=O) groups is 1. The Labute approximate surface area is 113 Å². The summed E-state index contributed by atoms with van der Waals surface area (Å²) in [5, 5.41) is 32.5. The van der Waals surface area contributed by atoms with E-state index in [1.54, 1.807) is 6.07 Å². The van der Waals surface area contributed by atoms with Gasteiger partial charge in [-0.25, -0.2) is 9.48 Å². The van der Waals surface area contributed by atoms with Gasteiger partial charge in [0.15, 0.2) is 5.69 Å².